The Morgan fingerprint density at radius 1 is 0.430 bits per heavy atom. The molecule has 560 valence electrons. The molecule has 26 nitrogen and oxygen atoms in total. The molecule has 26 heteroatoms. The van der Waals surface area contributed by atoms with Crippen molar-refractivity contribution >= 4 is 66.9 Å². The highest BCUT2D eigenvalue weighted by molar-refractivity contribution is 6.05. The third kappa shape index (κ3) is 13.1. The quantitative estimate of drug-likeness (QED) is 0.0993. The first-order valence-corrected chi connectivity index (χ1v) is 39.5. The van der Waals surface area contributed by atoms with Gasteiger partial charge in [0.15, 0.2) is 0 Å². The molecule has 0 atom stereocenters. The maximum absolute atomic E-state index is 5.56. The summed E-state index contributed by atoms with van der Waals surface area (Å²) in [5.74, 6) is 4.23. The van der Waals surface area contributed by atoms with Crippen molar-refractivity contribution in [3.63, 3.8) is 0 Å². The van der Waals surface area contributed by atoms with E-state index in [1.54, 1.807) is 0 Å². The van der Waals surface area contributed by atoms with E-state index in [-0.39, 0.29) is 0 Å². The monoisotopic (exact) mass is 1440 g/mol. The molecular weight excluding hydrogens is 1340 g/mol. The van der Waals surface area contributed by atoms with Gasteiger partial charge in [0.2, 0.25) is 0 Å². The van der Waals surface area contributed by atoms with Crippen LogP contribution in [0.3, 0.4) is 0 Å². The molecule has 4 saturated heterocycles. The van der Waals surface area contributed by atoms with Crippen LogP contribution in [0.25, 0.3) is 88.6 Å². The van der Waals surface area contributed by atoms with E-state index in [4.69, 9.17) is 40.0 Å². The van der Waals surface area contributed by atoms with Crippen molar-refractivity contribution in [1.82, 2.24) is 105 Å². The van der Waals surface area contributed by atoms with Crippen LogP contribution in [0.1, 0.15) is 168 Å². The van der Waals surface area contributed by atoms with E-state index < -0.39 is 0 Å². The Bertz CT molecular complexity index is 5050. The van der Waals surface area contributed by atoms with E-state index in [1.165, 1.54) is 35.0 Å². The largest absolute Gasteiger partial charge is 0.381 e. The van der Waals surface area contributed by atoms with Crippen molar-refractivity contribution < 1.29 is 4.74 Å². The van der Waals surface area contributed by atoms with Crippen molar-refractivity contribution in [2.75, 3.05) is 72.1 Å². The number of pyridine rings is 5. The number of aromatic nitrogens is 18. The fourth-order valence-corrected chi connectivity index (χ4v) is 18.0. The molecule has 0 unspecified atom stereocenters. The summed E-state index contributed by atoms with van der Waals surface area (Å²) in [6, 6.07) is 17.0. The van der Waals surface area contributed by atoms with Gasteiger partial charge in [0.1, 0.15) is 46.0 Å². The molecule has 0 bridgehead atoms. The van der Waals surface area contributed by atoms with Crippen LogP contribution in [0.4, 0.5) is 23.3 Å². The van der Waals surface area contributed by atoms with E-state index in [9.17, 15) is 0 Å². The molecule has 0 radical (unpaired) electrons. The third-order valence-corrected chi connectivity index (χ3v) is 24.1. The first-order valence-electron chi connectivity index (χ1n) is 39.5. The number of aromatic amines is 4. The lowest BCUT2D eigenvalue weighted by Gasteiger charge is -2.40. The van der Waals surface area contributed by atoms with Gasteiger partial charge in [-0.25, -0.2) is 19.9 Å². The average molecular weight is 1440 g/mol. The molecule has 20 rings (SSSR count). The van der Waals surface area contributed by atoms with Crippen LogP contribution in [-0.4, -0.2) is 199 Å². The van der Waals surface area contributed by atoms with Crippen LogP contribution in [0.2, 0.25) is 0 Å². The van der Waals surface area contributed by atoms with Crippen LogP contribution >= 0.6 is 0 Å². The van der Waals surface area contributed by atoms with Gasteiger partial charge in [-0.2, -0.15) is 30.6 Å². The van der Waals surface area contributed by atoms with Gasteiger partial charge in [0, 0.05) is 203 Å². The van der Waals surface area contributed by atoms with E-state index >= 15 is 0 Å². The maximum Gasteiger partial charge on any atom is 0.140 e. The van der Waals surface area contributed by atoms with E-state index in [0.717, 1.165) is 242 Å². The lowest BCUT2D eigenvalue weighted by atomic mass is 10.0. The second kappa shape index (κ2) is 29.2. The molecule has 12 aromatic rings. The van der Waals surface area contributed by atoms with Gasteiger partial charge in [0.25, 0.3) is 0 Å². The van der Waals surface area contributed by atoms with Crippen molar-refractivity contribution in [3.05, 3.63) is 114 Å². The lowest BCUT2D eigenvalue weighted by Crippen LogP contribution is -2.47. The Hall–Kier alpha value is -9.63. The molecule has 8 aliphatic rings. The minimum Gasteiger partial charge on any atom is -0.381 e. The van der Waals surface area contributed by atoms with Gasteiger partial charge in [-0.3, -0.25) is 34.7 Å². The Morgan fingerprint density at radius 3 is 1.26 bits per heavy atom. The highest BCUT2D eigenvalue weighted by Gasteiger charge is 2.39. The second-order valence-electron chi connectivity index (χ2n) is 32.0. The molecule has 0 saturated carbocycles. The Kier molecular flexibility index (Phi) is 19.2. The maximum atomic E-state index is 5.56. The molecule has 4 fully saturated rings. The summed E-state index contributed by atoms with van der Waals surface area (Å²) in [7, 11) is 0. The van der Waals surface area contributed by atoms with E-state index in [1.807, 2.05) is 66.9 Å². The molecular formula is C81H105N25O. The van der Waals surface area contributed by atoms with Gasteiger partial charge < -0.3 is 43.6 Å². The van der Waals surface area contributed by atoms with Gasteiger partial charge in [-0.1, -0.05) is 0 Å². The number of nitrogens with one attached hydrogen (secondary N) is 4. The summed E-state index contributed by atoms with van der Waals surface area (Å²) in [6.07, 6.45) is 25.1. The fourth-order valence-electron chi connectivity index (χ4n) is 18.0. The van der Waals surface area contributed by atoms with Gasteiger partial charge >= 0.3 is 0 Å². The molecule has 12 aromatic heterocycles. The average Bonchev–Trinajstić information content (AvgIpc) is 1.62. The zero-order valence-corrected chi connectivity index (χ0v) is 64.4. The van der Waals surface area contributed by atoms with E-state index in [2.05, 4.69) is 191 Å². The number of fused-ring (bicyclic) bond motifs is 8. The number of anilines is 4. The summed E-state index contributed by atoms with van der Waals surface area (Å²) in [5, 5.41) is 45.8. The molecule has 8 aliphatic heterocycles. The summed E-state index contributed by atoms with van der Waals surface area (Å²) in [5.41, 5.74) is 18.7. The summed E-state index contributed by atoms with van der Waals surface area (Å²) in [4.78, 5) is 41.4. The standard InChI is InChI=1S/C22H30N6.C21H29N7.C20H27N7.C18H19N5O/c1-14(2)26-10-6-16(7-11-26)28-13-19-17(8-12-27(19)15(3)4)21-20-18(24-25-21)5-9-23-22(20)28;1-13(2)26-9-6-15(7-10-26)27-12-18-16(11-28(25-18)14(3)4)20-19-17(23-24-20)5-8-22-21(19)27;1-4-26-11-15-17(24-26)12-27(14-6-9-25(10-7-14)13(2)3)20-18-16(5-8-21-20)22-23-19(15)18;1-11-8-14-12(9-20-11)10-23(13-3-6-24-7-4-13)18-16-15(2-5-19-18)21-22-17(14)16/h5,8-9,12,14-16H,6-7,10-11,13H2,1-4H3,(H,24,25);5,8,11,13-15H,6-7,9-10,12H2,1-4H3,(H,23,24);5,8,11,13-14H,4,6-7,9-10,12H2,1-3H3,(H,22,23);2,5,8-9,13H,3-4,6-7,10H2,1H3,(H,21,22). The van der Waals surface area contributed by atoms with Crippen molar-refractivity contribution in [2.45, 2.75) is 222 Å². The predicted octanol–water partition coefficient (Wildman–Crippen LogP) is 13.7. The molecule has 0 spiro atoms. The molecule has 0 aliphatic carbocycles. The van der Waals surface area contributed by atoms with Crippen LogP contribution in [0.15, 0.2) is 86.0 Å². The van der Waals surface area contributed by atoms with Gasteiger partial charge in [-0.05, 0) is 176 Å². The lowest BCUT2D eigenvalue weighted by molar-refractivity contribution is 0.0840. The normalized spacial score (nSPS) is 18.2. The second-order valence-corrected chi connectivity index (χ2v) is 32.0. The first-order chi connectivity index (χ1) is 52.0. The topological polar surface area (TPSA) is 252 Å². The highest BCUT2D eigenvalue weighted by atomic mass is 16.5. The number of hydrogen-bond donors (Lipinski definition) is 4. The smallest absolute Gasteiger partial charge is 0.140 e. The molecule has 4 N–H and O–H groups in total. The Morgan fingerprint density at radius 2 is 0.832 bits per heavy atom. The summed E-state index contributed by atoms with van der Waals surface area (Å²) < 4.78 is 12.0. The summed E-state index contributed by atoms with van der Waals surface area (Å²) in [6.45, 7) is 39.4. The number of likely N-dealkylation sites (tertiary alicyclic amines) is 3. The number of hydrogen-bond acceptors (Lipinski definition) is 19. The molecule has 107 heavy (non-hydrogen) atoms. The van der Waals surface area contributed by atoms with Crippen molar-refractivity contribution in [3.8, 4) is 45.0 Å². The first kappa shape index (κ1) is 70.4. The number of piperidine rings is 3. The molecule has 0 amide bonds. The molecule has 0 aromatic carbocycles. The molecule has 20 heterocycles. The zero-order chi connectivity index (χ0) is 73.5. The number of aryl methyl sites for hydroxylation is 2. The number of H-pyrrole nitrogens is 4. The van der Waals surface area contributed by atoms with Crippen molar-refractivity contribution in [1.29, 1.82) is 0 Å². The van der Waals surface area contributed by atoms with E-state index in [0.29, 0.717) is 54.4 Å². The number of nitrogens with zero attached hydrogens (tertiary/aromatic N) is 21. The van der Waals surface area contributed by atoms with Crippen LogP contribution in [0.5, 0.6) is 0 Å². The van der Waals surface area contributed by atoms with Gasteiger partial charge in [-0.15, -0.1) is 0 Å². The third-order valence-electron chi connectivity index (χ3n) is 24.1. The SMILES string of the molecule is CC(C)N1CCC(N2Cc3c(ccn3C(C)C)-c3n[nH]c4ccnc2c34)CC1.CC(C)N1CCC(N2Cc3nn(C(C)C)cc3-c3n[nH]c4ccnc2c34)CC1.CCn1cc2c(n1)CN(C1CCN(C(C)C)CC1)c1nccc3[nH]nc-2c13.Cc1cc2c(cn1)CN(C1CCOCC1)c1nccc3[nH]nc-2c13. The highest BCUT2D eigenvalue weighted by Crippen LogP contribution is 2.46. The van der Waals surface area contributed by atoms with Crippen LogP contribution < -0.4 is 19.6 Å². The fraction of sp³-hybridized carbons (Fsp3) is 0.519. The zero-order valence-electron chi connectivity index (χ0n) is 64.4. The van der Waals surface area contributed by atoms with Crippen LogP contribution in [-0.2, 0) is 37.5 Å². The van der Waals surface area contributed by atoms with Gasteiger partial charge in [0.05, 0.1) is 74.6 Å². The number of ether oxygens (including phenoxy) is 1. The summed E-state index contributed by atoms with van der Waals surface area (Å²) >= 11 is 0. The minimum absolute atomic E-state index is 0.331. The minimum atomic E-state index is 0.331. The Balaban J connectivity index is 0.000000105. The van der Waals surface area contributed by atoms with Crippen molar-refractivity contribution in [2.24, 2.45) is 0 Å². The predicted molar refractivity (Wildman–Crippen MR) is 424 cm³/mol. The van der Waals surface area contributed by atoms with Crippen LogP contribution in [0, 0.1) is 6.92 Å². The number of rotatable bonds is 10. The Labute approximate surface area is 626 Å².